The molecule has 0 spiro atoms. The van der Waals surface area contributed by atoms with Crippen molar-refractivity contribution >= 4 is 0 Å². The van der Waals surface area contributed by atoms with Crippen molar-refractivity contribution in [3.8, 4) is 0 Å². The molecule has 0 aliphatic heterocycles. The minimum Gasteiger partial charge on any atom is -0.309 e. The van der Waals surface area contributed by atoms with E-state index in [1.54, 1.807) is 7.05 Å². The lowest BCUT2D eigenvalue weighted by Crippen LogP contribution is -2.24. The number of nitrogens with one attached hydrogen (secondary N) is 1. The zero-order valence-electron chi connectivity index (χ0n) is 12.9. The van der Waals surface area contributed by atoms with E-state index in [1.165, 1.54) is 12.1 Å². The van der Waals surface area contributed by atoms with Gasteiger partial charge in [-0.25, -0.2) is 8.78 Å². The Morgan fingerprint density at radius 3 is 2.19 bits per heavy atom. The molecule has 0 fully saturated rings. The van der Waals surface area contributed by atoms with Crippen LogP contribution in [0.15, 0.2) is 42.5 Å². The second-order valence-electron chi connectivity index (χ2n) is 6.22. The molecule has 1 N–H and O–H groups in total. The van der Waals surface area contributed by atoms with Gasteiger partial charge in [-0.3, -0.25) is 0 Å². The van der Waals surface area contributed by atoms with E-state index >= 15 is 0 Å². The number of rotatable bonds is 3. The van der Waals surface area contributed by atoms with Gasteiger partial charge in [-0.2, -0.15) is 0 Å². The molecule has 0 aromatic heterocycles. The van der Waals surface area contributed by atoms with Crippen molar-refractivity contribution in [2.75, 3.05) is 7.05 Å². The molecule has 1 unspecified atom stereocenters. The molecule has 1 nitrogen and oxygen atoms in total. The molecule has 0 amide bonds. The number of hydrogen-bond acceptors (Lipinski definition) is 1. The topological polar surface area (TPSA) is 12.0 Å². The maximum Gasteiger partial charge on any atom is 0.131 e. The SMILES string of the molecule is CNC(c1ccc(F)cc1F)c1ccccc1C(C)(C)C. The molecule has 1 atom stereocenters. The van der Waals surface area contributed by atoms with Crippen LogP contribution in [0.1, 0.15) is 43.5 Å². The Kier molecular flexibility index (Phi) is 4.43. The second kappa shape index (κ2) is 5.94. The summed E-state index contributed by atoms with van der Waals surface area (Å²) in [6.07, 6.45) is 0. The third kappa shape index (κ3) is 3.30. The summed E-state index contributed by atoms with van der Waals surface area (Å²) >= 11 is 0. The molecule has 2 aromatic rings. The Hall–Kier alpha value is -1.74. The van der Waals surface area contributed by atoms with Gasteiger partial charge in [0.25, 0.3) is 0 Å². The van der Waals surface area contributed by atoms with Gasteiger partial charge in [0, 0.05) is 11.6 Å². The van der Waals surface area contributed by atoms with Crippen molar-refractivity contribution in [2.45, 2.75) is 32.2 Å². The van der Waals surface area contributed by atoms with Gasteiger partial charge in [0.2, 0.25) is 0 Å². The minimum absolute atomic E-state index is 0.0534. The van der Waals surface area contributed by atoms with E-state index in [1.807, 2.05) is 18.2 Å². The molecular weight excluding hydrogens is 268 g/mol. The van der Waals surface area contributed by atoms with Gasteiger partial charge in [0.1, 0.15) is 11.6 Å². The fraction of sp³-hybridized carbons (Fsp3) is 0.333. The highest BCUT2D eigenvalue weighted by atomic mass is 19.1. The molecule has 2 rings (SSSR count). The lowest BCUT2D eigenvalue weighted by molar-refractivity contribution is 0.537. The average Bonchev–Trinajstić information content (AvgIpc) is 2.41. The van der Waals surface area contributed by atoms with E-state index in [0.29, 0.717) is 5.56 Å². The summed E-state index contributed by atoms with van der Waals surface area (Å²) in [6.45, 7) is 6.37. The fourth-order valence-corrected chi connectivity index (χ4v) is 2.65. The largest absolute Gasteiger partial charge is 0.309 e. The van der Waals surface area contributed by atoms with Gasteiger partial charge < -0.3 is 5.32 Å². The smallest absolute Gasteiger partial charge is 0.131 e. The normalized spacial score (nSPS) is 13.2. The van der Waals surface area contributed by atoms with Crippen molar-refractivity contribution < 1.29 is 8.78 Å². The van der Waals surface area contributed by atoms with Gasteiger partial charge in [0.15, 0.2) is 0 Å². The molecule has 0 radical (unpaired) electrons. The number of benzene rings is 2. The van der Waals surface area contributed by atoms with Crippen LogP contribution in [-0.2, 0) is 5.41 Å². The van der Waals surface area contributed by atoms with E-state index in [2.05, 4.69) is 32.2 Å². The average molecular weight is 289 g/mol. The molecular formula is C18H21F2N. The van der Waals surface area contributed by atoms with E-state index in [-0.39, 0.29) is 11.5 Å². The first-order valence-electron chi connectivity index (χ1n) is 7.06. The predicted octanol–water partition coefficient (Wildman–Crippen LogP) is 4.57. The Morgan fingerprint density at radius 2 is 1.62 bits per heavy atom. The zero-order valence-corrected chi connectivity index (χ0v) is 12.9. The van der Waals surface area contributed by atoms with Crippen molar-refractivity contribution in [3.05, 3.63) is 70.8 Å². The summed E-state index contributed by atoms with van der Waals surface area (Å²) in [5.41, 5.74) is 2.56. The van der Waals surface area contributed by atoms with Crippen LogP contribution in [0.4, 0.5) is 8.78 Å². The maximum atomic E-state index is 14.1. The van der Waals surface area contributed by atoms with E-state index in [4.69, 9.17) is 0 Å². The number of hydrogen-bond donors (Lipinski definition) is 1. The Labute approximate surface area is 125 Å². The van der Waals surface area contributed by atoms with Crippen LogP contribution in [0.25, 0.3) is 0 Å². The Balaban J connectivity index is 2.57. The first-order valence-corrected chi connectivity index (χ1v) is 7.06. The molecule has 112 valence electrons. The van der Waals surface area contributed by atoms with E-state index in [9.17, 15) is 8.78 Å². The maximum absolute atomic E-state index is 14.1. The molecule has 0 heterocycles. The lowest BCUT2D eigenvalue weighted by Gasteiger charge is -2.28. The molecule has 0 saturated carbocycles. The molecule has 21 heavy (non-hydrogen) atoms. The molecule has 0 bridgehead atoms. The van der Waals surface area contributed by atoms with Crippen LogP contribution < -0.4 is 5.32 Å². The highest BCUT2D eigenvalue weighted by molar-refractivity contribution is 5.41. The zero-order chi connectivity index (χ0) is 15.6. The lowest BCUT2D eigenvalue weighted by atomic mass is 9.80. The second-order valence-corrected chi connectivity index (χ2v) is 6.22. The monoisotopic (exact) mass is 289 g/mol. The minimum atomic E-state index is -0.560. The molecule has 0 saturated heterocycles. The third-order valence-electron chi connectivity index (χ3n) is 3.64. The van der Waals surface area contributed by atoms with Crippen LogP contribution in [0.2, 0.25) is 0 Å². The van der Waals surface area contributed by atoms with E-state index in [0.717, 1.165) is 17.2 Å². The molecule has 0 aliphatic carbocycles. The molecule has 2 aromatic carbocycles. The summed E-state index contributed by atoms with van der Waals surface area (Å²) in [5, 5.41) is 3.14. The summed E-state index contributed by atoms with van der Waals surface area (Å²) in [4.78, 5) is 0. The van der Waals surface area contributed by atoms with Gasteiger partial charge in [-0.15, -0.1) is 0 Å². The van der Waals surface area contributed by atoms with Crippen molar-refractivity contribution in [3.63, 3.8) is 0 Å². The molecule has 0 aliphatic rings. The Bertz CT molecular complexity index is 629. The quantitative estimate of drug-likeness (QED) is 0.872. The Morgan fingerprint density at radius 1 is 0.952 bits per heavy atom. The van der Waals surface area contributed by atoms with Crippen LogP contribution in [-0.4, -0.2) is 7.05 Å². The van der Waals surface area contributed by atoms with Crippen molar-refractivity contribution in [1.29, 1.82) is 0 Å². The third-order valence-corrected chi connectivity index (χ3v) is 3.64. The number of halogens is 2. The summed E-state index contributed by atoms with van der Waals surface area (Å²) in [5.74, 6) is -1.09. The van der Waals surface area contributed by atoms with Gasteiger partial charge >= 0.3 is 0 Å². The first-order chi connectivity index (χ1) is 9.84. The highest BCUT2D eigenvalue weighted by Crippen LogP contribution is 2.33. The van der Waals surface area contributed by atoms with Crippen LogP contribution in [0.3, 0.4) is 0 Å². The highest BCUT2D eigenvalue weighted by Gasteiger charge is 2.24. The van der Waals surface area contributed by atoms with Crippen LogP contribution >= 0.6 is 0 Å². The van der Waals surface area contributed by atoms with Crippen LogP contribution in [0.5, 0.6) is 0 Å². The fourth-order valence-electron chi connectivity index (χ4n) is 2.65. The van der Waals surface area contributed by atoms with Gasteiger partial charge in [0.05, 0.1) is 6.04 Å². The summed E-state index contributed by atoms with van der Waals surface area (Å²) in [7, 11) is 1.78. The summed E-state index contributed by atoms with van der Waals surface area (Å²) < 4.78 is 27.2. The van der Waals surface area contributed by atoms with E-state index < -0.39 is 11.6 Å². The summed E-state index contributed by atoms with van der Waals surface area (Å²) in [6, 6.07) is 11.4. The van der Waals surface area contributed by atoms with Crippen LogP contribution in [0, 0.1) is 11.6 Å². The first kappa shape index (κ1) is 15.6. The van der Waals surface area contributed by atoms with Gasteiger partial charge in [-0.05, 0) is 29.7 Å². The molecule has 3 heteroatoms. The van der Waals surface area contributed by atoms with Crippen molar-refractivity contribution in [1.82, 2.24) is 5.32 Å². The van der Waals surface area contributed by atoms with Gasteiger partial charge in [-0.1, -0.05) is 51.1 Å². The van der Waals surface area contributed by atoms with Crippen molar-refractivity contribution in [2.24, 2.45) is 0 Å². The standard InChI is InChI=1S/C18H21F2N/c1-18(2,3)15-8-6-5-7-13(15)17(21-4)14-10-9-12(19)11-16(14)20/h5-11,17,21H,1-4H3. The predicted molar refractivity (Wildman–Crippen MR) is 82.4 cm³/mol.